The van der Waals surface area contributed by atoms with Crippen LogP contribution >= 0.6 is 11.8 Å². The summed E-state index contributed by atoms with van der Waals surface area (Å²) in [6.45, 7) is 5.44. The molecule has 0 spiro atoms. The van der Waals surface area contributed by atoms with Gasteiger partial charge in [-0.15, -0.1) is 0 Å². The number of nitrogens with zero attached hydrogens (tertiary/aromatic N) is 1. The van der Waals surface area contributed by atoms with Gasteiger partial charge in [0.2, 0.25) is 5.91 Å². The molecule has 1 heterocycles. The molecular weight excluding hydrogens is 218 g/mol. The summed E-state index contributed by atoms with van der Waals surface area (Å²) >= 11 is 2.01. The van der Waals surface area contributed by atoms with Gasteiger partial charge in [0.1, 0.15) is 0 Å². The molecule has 3 rings (SSSR count). The molecule has 3 aliphatic rings. The van der Waals surface area contributed by atoms with Crippen LogP contribution in [-0.2, 0) is 4.79 Å². The van der Waals surface area contributed by atoms with Crippen molar-refractivity contribution in [1.82, 2.24) is 4.90 Å². The molecule has 90 valence electrons. The van der Waals surface area contributed by atoms with E-state index >= 15 is 0 Å². The number of rotatable bonds is 1. The maximum atomic E-state index is 12.4. The second-order valence-corrected chi connectivity index (χ2v) is 7.12. The lowest BCUT2D eigenvalue weighted by Crippen LogP contribution is -2.49. The van der Waals surface area contributed by atoms with Crippen molar-refractivity contribution in [2.75, 3.05) is 12.3 Å². The van der Waals surface area contributed by atoms with E-state index < -0.39 is 0 Å². The van der Waals surface area contributed by atoms with Gasteiger partial charge in [0, 0.05) is 29.5 Å². The molecule has 4 unspecified atom stereocenters. The van der Waals surface area contributed by atoms with E-state index in [1.54, 1.807) is 0 Å². The van der Waals surface area contributed by atoms with Gasteiger partial charge >= 0.3 is 0 Å². The van der Waals surface area contributed by atoms with Crippen LogP contribution in [0.5, 0.6) is 0 Å². The second kappa shape index (κ2) is 3.94. The Hall–Kier alpha value is -0.180. The van der Waals surface area contributed by atoms with Gasteiger partial charge in [-0.1, -0.05) is 13.3 Å². The first kappa shape index (κ1) is 10.9. The van der Waals surface area contributed by atoms with E-state index in [0.717, 1.165) is 24.1 Å². The molecule has 3 fully saturated rings. The zero-order valence-electron chi connectivity index (χ0n) is 10.2. The third-order valence-corrected chi connectivity index (χ3v) is 6.20. The molecule has 3 heteroatoms. The van der Waals surface area contributed by atoms with Crippen molar-refractivity contribution in [3.63, 3.8) is 0 Å². The van der Waals surface area contributed by atoms with Crippen molar-refractivity contribution >= 4 is 17.7 Å². The van der Waals surface area contributed by atoms with Crippen LogP contribution in [0, 0.1) is 17.8 Å². The third kappa shape index (κ3) is 1.59. The van der Waals surface area contributed by atoms with E-state index in [2.05, 4.69) is 18.7 Å². The largest absolute Gasteiger partial charge is 0.338 e. The van der Waals surface area contributed by atoms with Crippen LogP contribution in [0.2, 0.25) is 0 Å². The molecule has 0 aromatic heterocycles. The standard InChI is InChI=1S/C13H21NOS/c1-8-9(2)16-7-6-14(8)13(15)12-10-4-3-5-11(10)12/h8-12H,3-7H2,1-2H3. The summed E-state index contributed by atoms with van der Waals surface area (Å²) in [5.74, 6) is 3.56. The normalized spacial score (nSPS) is 46.6. The average Bonchev–Trinajstić information content (AvgIpc) is 2.75. The highest BCUT2D eigenvalue weighted by Crippen LogP contribution is 2.58. The van der Waals surface area contributed by atoms with E-state index in [1.807, 2.05) is 11.8 Å². The monoisotopic (exact) mass is 239 g/mol. The van der Waals surface area contributed by atoms with Crippen LogP contribution in [0.1, 0.15) is 33.1 Å². The second-order valence-electron chi connectivity index (χ2n) is 5.63. The Bertz CT molecular complexity index is 296. The molecule has 0 bridgehead atoms. The Morgan fingerprint density at radius 3 is 2.62 bits per heavy atom. The molecule has 0 radical (unpaired) electrons. The first-order valence-corrected chi connectivity index (χ1v) is 7.67. The maximum Gasteiger partial charge on any atom is 0.226 e. The quantitative estimate of drug-likeness (QED) is 0.700. The average molecular weight is 239 g/mol. The van der Waals surface area contributed by atoms with Crippen LogP contribution in [0.4, 0.5) is 0 Å². The number of amides is 1. The summed E-state index contributed by atoms with van der Waals surface area (Å²) < 4.78 is 0. The van der Waals surface area contributed by atoms with Crippen molar-refractivity contribution in [2.45, 2.75) is 44.4 Å². The Labute approximate surface area is 102 Å². The van der Waals surface area contributed by atoms with Gasteiger partial charge in [-0.25, -0.2) is 0 Å². The summed E-state index contributed by atoms with van der Waals surface area (Å²) in [4.78, 5) is 14.6. The van der Waals surface area contributed by atoms with E-state index in [-0.39, 0.29) is 0 Å². The lowest BCUT2D eigenvalue weighted by Gasteiger charge is -2.38. The Morgan fingerprint density at radius 2 is 1.94 bits per heavy atom. The minimum absolute atomic E-state index is 0.423. The topological polar surface area (TPSA) is 20.3 Å². The lowest BCUT2D eigenvalue weighted by atomic mass is 10.1. The smallest absolute Gasteiger partial charge is 0.226 e. The van der Waals surface area contributed by atoms with E-state index in [9.17, 15) is 4.79 Å². The molecule has 0 N–H and O–H groups in total. The van der Waals surface area contributed by atoms with Crippen LogP contribution < -0.4 is 0 Å². The molecule has 2 nitrogen and oxygen atoms in total. The highest BCUT2D eigenvalue weighted by Gasteiger charge is 2.58. The fourth-order valence-electron chi connectivity index (χ4n) is 3.62. The maximum absolute atomic E-state index is 12.4. The molecular formula is C13H21NOS. The van der Waals surface area contributed by atoms with E-state index in [4.69, 9.17) is 0 Å². The first-order chi connectivity index (χ1) is 7.70. The van der Waals surface area contributed by atoms with Crippen molar-refractivity contribution in [1.29, 1.82) is 0 Å². The number of fused-ring (bicyclic) bond motifs is 1. The summed E-state index contributed by atoms with van der Waals surface area (Å²) in [6.07, 6.45) is 3.99. The SMILES string of the molecule is CC1SCCN(C(=O)C2C3CCCC32)C1C. The van der Waals surface area contributed by atoms with Crippen molar-refractivity contribution in [3.8, 4) is 0 Å². The molecule has 1 amide bonds. The van der Waals surface area contributed by atoms with Crippen molar-refractivity contribution in [2.24, 2.45) is 17.8 Å². The molecule has 0 aromatic carbocycles. The van der Waals surface area contributed by atoms with Gasteiger partial charge in [0.05, 0.1) is 0 Å². The highest BCUT2D eigenvalue weighted by atomic mass is 32.2. The van der Waals surface area contributed by atoms with Crippen LogP contribution in [0.3, 0.4) is 0 Å². The number of thioether (sulfide) groups is 1. The van der Waals surface area contributed by atoms with Gasteiger partial charge in [-0.3, -0.25) is 4.79 Å². The van der Waals surface area contributed by atoms with Crippen LogP contribution in [0.25, 0.3) is 0 Å². The highest BCUT2D eigenvalue weighted by molar-refractivity contribution is 8.00. The van der Waals surface area contributed by atoms with Crippen molar-refractivity contribution < 1.29 is 4.79 Å². The van der Waals surface area contributed by atoms with Crippen LogP contribution in [0.15, 0.2) is 0 Å². The fourth-order valence-corrected chi connectivity index (χ4v) is 4.72. The molecule has 2 aliphatic carbocycles. The molecule has 1 saturated heterocycles. The zero-order valence-corrected chi connectivity index (χ0v) is 11.0. The molecule has 1 aliphatic heterocycles. The summed E-state index contributed by atoms with van der Waals surface area (Å²) in [5.41, 5.74) is 0. The number of carbonyl (C=O) groups is 1. The Balaban J connectivity index is 1.66. The summed E-state index contributed by atoms with van der Waals surface area (Å²) in [7, 11) is 0. The Kier molecular flexibility index (Phi) is 2.69. The van der Waals surface area contributed by atoms with Gasteiger partial charge in [0.15, 0.2) is 0 Å². The lowest BCUT2D eigenvalue weighted by molar-refractivity contribution is -0.135. The predicted molar refractivity (Wildman–Crippen MR) is 67.4 cm³/mol. The first-order valence-electron chi connectivity index (χ1n) is 6.62. The summed E-state index contributed by atoms with van der Waals surface area (Å²) in [5, 5.41) is 0.608. The Morgan fingerprint density at radius 1 is 1.25 bits per heavy atom. The molecule has 2 saturated carbocycles. The van der Waals surface area contributed by atoms with Crippen molar-refractivity contribution in [3.05, 3.63) is 0 Å². The zero-order chi connectivity index (χ0) is 11.3. The van der Waals surface area contributed by atoms with E-state index in [1.165, 1.54) is 19.3 Å². The number of hydrogen-bond donors (Lipinski definition) is 0. The summed E-state index contributed by atoms with van der Waals surface area (Å²) in [6, 6.07) is 0.438. The van der Waals surface area contributed by atoms with Gasteiger partial charge in [0.25, 0.3) is 0 Å². The minimum atomic E-state index is 0.423. The fraction of sp³-hybridized carbons (Fsp3) is 0.923. The predicted octanol–water partition coefficient (Wildman–Crippen LogP) is 2.38. The molecule has 16 heavy (non-hydrogen) atoms. The van der Waals surface area contributed by atoms with Crippen LogP contribution in [-0.4, -0.2) is 34.4 Å². The number of carbonyl (C=O) groups excluding carboxylic acids is 1. The van der Waals surface area contributed by atoms with Gasteiger partial charge in [-0.05, 0) is 31.6 Å². The van der Waals surface area contributed by atoms with E-state index in [0.29, 0.717) is 23.1 Å². The van der Waals surface area contributed by atoms with Gasteiger partial charge < -0.3 is 4.90 Å². The third-order valence-electron chi connectivity index (χ3n) is 4.86. The van der Waals surface area contributed by atoms with Gasteiger partial charge in [-0.2, -0.15) is 11.8 Å². The molecule has 0 aromatic rings. The minimum Gasteiger partial charge on any atom is -0.338 e. The number of hydrogen-bond acceptors (Lipinski definition) is 2. The molecule has 4 atom stereocenters.